The molecule has 6 heteroatoms. The summed E-state index contributed by atoms with van der Waals surface area (Å²) in [5, 5.41) is 4.09. The van der Waals surface area contributed by atoms with Crippen LogP contribution in [0.3, 0.4) is 0 Å². The van der Waals surface area contributed by atoms with Gasteiger partial charge in [0, 0.05) is 42.1 Å². The maximum absolute atomic E-state index is 12.3. The fraction of sp³-hybridized carbons (Fsp3) is 0.333. The van der Waals surface area contributed by atoms with Crippen molar-refractivity contribution in [3.8, 4) is 0 Å². The number of hydrogen-bond donors (Lipinski definition) is 1. The predicted octanol–water partition coefficient (Wildman–Crippen LogP) is 4.16. The van der Waals surface area contributed by atoms with E-state index < -0.39 is 0 Å². The van der Waals surface area contributed by atoms with E-state index in [1.54, 1.807) is 18.3 Å². The third-order valence-electron chi connectivity index (χ3n) is 4.27. The lowest BCUT2D eigenvalue weighted by Crippen LogP contribution is -2.38. The molecule has 0 aliphatic carbocycles. The Morgan fingerprint density at radius 3 is 2.96 bits per heavy atom. The third-order valence-corrected chi connectivity index (χ3v) is 4.85. The van der Waals surface area contributed by atoms with Gasteiger partial charge in [0.1, 0.15) is 0 Å². The van der Waals surface area contributed by atoms with Crippen LogP contribution in [0.4, 0.5) is 4.79 Å². The van der Waals surface area contributed by atoms with Crippen molar-refractivity contribution in [2.24, 2.45) is 5.92 Å². The summed E-state index contributed by atoms with van der Waals surface area (Å²) < 4.78 is 0. The van der Waals surface area contributed by atoms with Crippen molar-refractivity contribution in [3.05, 3.63) is 63.9 Å². The van der Waals surface area contributed by atoms with Crippen LogP contribution in [-0.4, -0.2) is 29.0 Å². The maximum Gasteiger partial charge on any atom is 0.317 e. The molecule has 2 aromatic rings. The molecule has 1 atom stereocenters. The van der Waals surface area contributed by atoms with Crippen molar-refractivity contribution in [1.29, 1.82) is 0 Å². The number of halogens is 2. The van der Waals surface area contributed by atoms with Gasteiger partial charge in [0.05, 0.1) is 0 Å². The Morgan fingerprint density at radius 1 is 1.33 bits per heavy atom. The highest BCUT2D eigenvalue weighted by Crippen LogP contribution is 2.22. The highest BCUT2D eigenvalue weighted by molar-refractivity contribution is 6.35. The molecule has 1 saturated heterocycles. The third kappa shape index (κ3) is 4.40. The van der Waals surface area contributed by atoms with Crippen LogP contribution in [0.15, 0.2) is 42.7 Å². The fourth-order valence-electron chi connectivity index (χ4n) is 2.98. The zero-order chi connectivity index (χ0) is 16.9. The topological polar surface area (TPSA) is 45.2 Å². The van der Waals surface area contributed by atoms with Crippen molar-refractivity contribution in [3.63, 3.8) is 0 Å². The molecule has 3 rings (SSSR count). The number of rotatable bonds is 4. The standard InChI is InChI=1S/C18H19Cl2N3O/c19-16-4-3-15(17(20)9-16)11-22-18(24)23-7-5-14(12-23)8-13-2-1-6-21-10-13/h1-4,6,9-10,14H,5,7-8,11-12H2,(H,22,24). The molecule has 2 heterocycles. The normalized spacial score (nSPS) is 17.1. The van der Waals surface area contributed by atoms with Crippen LogP contribution < -0.4 is 5.32 Å². The molecule has 0 spiro atoms. The Kier molecular flexibility index (Phi) is 5.59. The highest BCUT2D eigenvalue weighted by Gasteiger charge is 2.26. The van der Waals surface area contributed by atoms with Gasteiger partial charge in [0.2, 0.25) is 0 Å². The van der Waals surface area contributed by atoms with E-state index in [0.717, 1.165) is 31.5 Å². The number of urea groups is 1. The number of hydrogen-bond acceptors (Lipinski definition) is 2. The Balaban J connectivity index is 1.49. The number of likely N-dealkylation sites (tertiary alicyclic amines) is 1. The summed E-state index contributed by atoms with van der Waals surface area (Å²) in [6.45, 7) is 1.96. The van der Waals surface area contributed by atoms with E-state index >= 15 is 0 Å². The SMILES string of the molecule is O=C(NCc1ccc(Cl)cc1Cl)N1CCC(Cc2cccnc2)C1. The molecular weight excluding hydrogens is 345 g/mol. The summed E-state index contributed by atoms with van der Waals surface area (Å²) in [7, 11) is 0. The first-order chi connectivity index (χ1) is 11.6. The summed E-state index contributed by atoms with van der Waals surface area (Å²) >= 11 is 12.0. The van der Waals surface area contributed by atoms with Crippen LogP contribution in [0.1, 0.15) is 17.5 Å². The lowest BCUT2D eigenvalue weighted by Gasteiger charge is -2.18. The molecular formula is C18H19Cl2N3O. The first-order valence-electron chi connectivity index (χ1n) is 7.97. The van der Waals surface area contributed by atoms with E-state index in [0.29, 0.717) is 22.5 Å². The minimum Gasteiger partial charge on any atom is -0.334 e. The van der Waals surface area contributed by atoms with Crippen LogP contribution in [0.5, 0.6) is 0 Å². The Morgan fingerprint density at radius 2 is 2.21 bits per heavy atom. The van der Waals surface area contributed by atoms with Crippen LogP contribution in [-0.2, 0) is 13.0 Å². The average molecular weight is 364 g/mol. The highest BCUT2D eigenvalue weighted by atomic mass is 35.5. The summed E-state index contributed by atoms with van der Waals surface area (Å²) in [6, 6.07) is 9.27. The number of aromatic nitrogens is 1. The van der Waals surface area contributed by atoms with Crippen LogP contribution in [0.2, 0.25) is 10.0 Å². The summed E-state index contributed by atoms with van der Waals surface area (Å²) in [4.78, 5) is 18.3. The van der Waals surface area contributed by atoms with Crippen molar-refractivity contribution >= 4 is 29.2 Å². The number of benzene rings is 1. The maximum atomic E-state index is 12.3. The summed E-state index contributed by atoms with van der Waals surface area (Å²) in [6.07, 6.45) is 5.65. The molecule has 1 aliphatic rings. The smallest absolute Gasteiger partial charge is 0.317 e. The van der Waals surface area contributed by atoms with Gasteiger partial charge in [-0.05, 0) is 48.1 Å². The zero-order valence-electron chi connectivity index (χ0n) is 13.2. The quantitative estimate of drug-likeness (QED) is 0.885. The summed E-state index contributed by atoms with van der Waals surface area (Å²) in [5.41, 5.74) is 2.08. The molecule has 0 radical (unpaired) electrons. The van der Waals surface area contributed by atoms with Gasteiger partial charge in [-0.3, -0.25) is 4.98 Å². The van der Waals surface area contributed by atoms with Gasteiger partial charge < -0.3 is 10.2 Å². The molecule has 1 N–H and O–H groups in total. The molecule has 1 fully saturated rings. The van der Waals surface area contributed by atoms with Gasteiger partial charge in [-0.2, -0.15) is 0 Å². The minimum atomic E-state index is -0.0466. The van der Waals surface area contributed by atoms with Crippen LogP contribution >= 0.6 is 23.2 Å². The number of amides is 2. The van der Waals surface area contributed by atoms with E-state index in [1.165, 1.54) is 5.56 Å². The van der Waals surface area contributed by atoms with Gasteiger partial charge in [-0.15, -0.1) is 0 Å². The second-order valence-electron chi connectivity index (χ2n) is 6.06. The first kappa shape index (κ1) is 17.1. The molecule has 2 amide bonds. The van der Waals surface area contributed by atoms with Crippen molar-refractivity contribution < 1.29 is 4.79 Å². The molecule has 24 heavy (non-hydrogen) atoms. The van der Waals surface area contributed by atoms with Gasteiger partial charge in [0.15, 0.2) is 0 Å². The molecule has 1 aromatic carbocycles. The summed E-state index contributed by atoms with van der Waals surface area (Å²) in [5.74, 6) is 0.485. The monoisotopic (exact) mass is 363 g/mol. The number of pyridine rings is 1. The second kappa shape index (κ2) is 7.86. The Hall–Kier alpha value is -1.78. The largest absolute Gasteiger partial charge is 0.334 e. The predicted molar refractivity (Wildman–Crippen MR) is 96.3 cm³/mol. The molecule has 0 bridgehead atoms. The van der Waals surface area contributed by atoms with E-state index in [1.807, 2.05) is 23.2 Å². The molecule has 0 saturated carbocycles. The van der Waals surface area contributed by atoms with Crippen molar-refractivity contribution in [2.75, 3.05) is 13.1 Å². The van der Waals surface area contributed by atoms with E-state index in [-0.39, 0.29) is 6.03 Å². The number of carbonyl (C=O) groups excluding carboxylic acids is 1. The van der Waals surface area contributed by atoms with Crippen molar-refractivity contribution in [1.82, 2.24) is 15.2 Å². The number of carbonyl (C=O) groups is 1. The van der Waals surface area contributed by atoms with E-state index in [4.69, 9.17) is 23.2 Å². The van der Waals surface area contributed by atoms with Crippen LogP contribution in [0, 0.1) is 5.92 Å². The molecule has 4 nitrogen and oxygen atoms in total. The number of nitrogens with one attached hydrogen (secondary N) is 1. The van der Waals surface area contributed by atoms with Gasteiger partial charge in [-0.1, -0.05) is 35.3 Å². The van der Waals surface area contributed by atoms with Crippen molar-refractivity contribution in [2.45, 2.75) is 19.4 Å². The number of nitrogens with zero attached hydrogens (tertiary/aromatic N) is 2. The zero-order valence-corrected chi connectivity index (χ0v) is 14.7. The minimum absolute atomic E-state index is 0.0466. The Bertz CT molecular complexity index is 709. The molecule has 1 aliphatic heterocycles. The molecule has 1 unspecified atom stereocenters. The van der Waals surface area contributed by atoms with E-state index in [9.17, 15) is 4.79 Å². The second-order valence-corrected chi connectivity index (χ2v) is 6.90. The lowest BCUT2D eigenvalue weighted by molar-refractivity contribution is 0.206. The lowest BCUT2D eigenvalue weighted by atomic mass is 10.0. The van der Waals surface area contributed by atoms with Crippen LogP contribution in [0.25, 0.3) is 0 Å². The molecule has 1 aromatic heterocycles. The fourth-order valence-corrected chi connectivity index (χ4v) is 3.46. The first-order valence-corrected chi connectivity index (χ1v) is 8.73. The van der Waals surface area contributed by atoms with E-state index in [2.05, 4.69) is 16.4 Å². The Labute approximate surface area is 151 Å². The van der Waals surface area contributed by atoms with Gasteiger partial charge >= 0.3 is 6.03 Å². The van der Waals surface area contributed by atoms with Gasteiger partial charge in [0.25, 0.3) is 0 Å². The van der Waals surface area contributed by atoms with Gasteiger partial charge in [-0.25, -0.2) is 4.79 Å². The average Bonchev–Trinajstić information content (AvgIpc) is 3.03. The molecule has 126 valence electrons.